The summed E-state index contributed by atoms with van der Waals surface area (Å²) in [5.74, 6) is 0.749. The molecule has 5 heteroatoms. The summed E-state index contributed by atoms with van der Waals surface area (Å²) in [6, 6.07) is 7.05. The summed E-state index contributed by atoms with van der Waals surface area (Å²) >= 11 is 0. The first-order chi connectivity index (χ1) is 8.77. The van der Waals surface area contributed by atoms with E-state index in [1.165, 1.54) is 0 Å². The Bertz CT molecular complexity index is 484. The predicted molar refractivity (Wildman–Crippen MR) is 77.7 cm³/mol. The van der Waals surface area contributed by atoms with E-state index < -0.39 is 10.0 Å². The van der Waals surface area contributed by atoms with Gasteiger partial charge in [0.25, 0.3) is 0 Å². The molecule has 0 heterocycles. The van der Waals surface area contributed by atoms with Crippen LogP contribution in [-0.2, 0) is 15.8 Å². The van der Waals surface area contributed by atoms with Gasteiger partial charge in [-0.15, -0.1) is 0 Å². The summed E-state index contributed by atoms with van der Waals surface area (Å²) in [4.78, 5) is 0. The van der Waals surface area contributed by atoms with Gasteiger partial charge in [0.05, 0.1) is 12.9 Å². The van der Waals surface area contributed by atoms with Crippen molar-refractivity contribution in [2.24, 2.45) is 0 Å². The van der Waals surface area contributed by atoms with Crippen molar-refractivity contribution in [1.29, 1.82) is 0 Å². The molecule has 108 valence electrons. The van der Waals surface area contributed by atoms with Crippen LogP contribution in [0.2, 0.25) is 0 Å². The van der Waals surface area contributed by atoms with Crippen LogP contribution >= 0.6 is 0 Å². The molecule has 4 nitrogen and oxygen atoms in total. The standard InChI is InChI=1S/C14H23NO3S/c1-11(2)15(12(3)4)19(16,17)10-13-6-8-14(18-5)9-7-13/h6-9,11-12H,10H2,1-5H3. The number of methoxy groups -OCH3 is 1. The minimum atomic E-state index is -3.30. The highest BCUT2D eigenvalue weighted by Crippen LogP contribution is 2.19. The Morgan fingerprint density at radius 3 is 1.89 bits per heavy atom. The Balaban J connectivity index is 2.94. The van der Waals surface area contributed by atoms with Crippen LogP contribution in [0.15, 0.2) is 24.3 Å². The second kappa shape index (κ2) is 6.39. The van der Waals surface area contributed by atoms with Crippen molar-refractivity contribution in [1.82, 2.24) is 4.31 Å². The normalized spacial score (nSPS) is 12.4. The second-order valence-electron chi connectivity index (χ2n) is 5.12. The molecule has 0 saturated carbocycles. The first-order valence-electron chi connectivity index (χ1n) is 6.42. The van der Waals surface area contributed by atoms with Crippen molar-refractivity contribution in [3.05, 3.63) is 29.8 Å². The molecule has 1 aromatic rings. The Labute approximate surface area is 116 Å². The number of sulfonamides is 1. The third kappa shape index (κ3) is 4.21. The first kappa shape index (κ1) is 16.0. The third-order valence-electron chi connectivity index (χ3n) is 2.85. The van der Waals surface area contributed by atoms with E-state index in [9.17, 15) is 8.42 Å². The molecule has 1 rings (SSSR count). The van der Waals surface area contributed by atoms with E-state index in [2.05, 4.69) is 0 Å². The van der Waals surface area contributed by atoms with Crippen LogP contribution in [0, 0.1) is 0 Å². The summed E-state index contributed by atoms with van der Waals surface area (Å²) in [7, 11) is -1.71. The minimum Gasteiger partial charge on any atom is -0.497 e. The largest absolute Gasteiger partial charge is 0.497 e. The van der Waals surface area contributed by atoms with Gasteiger partial charge in [0.2, 0.25) is 10.0 Å². The van der Waals surface area contributed by atoms with Gasteiger partial charge >= 0.3 is 0 Å². The first-order valence-corrected chi connectivity index (χ1v) is 8.03. The van der Waals surface area contributed by atoms with E-state index in [-0.39, 0.29) is 17.8 Å². The highest BCUT2D eigenvalue weighted by molar-refractivity contribution is 7.88. The van der Waals surface area contributed by atoms with Crippen molar-refractivity contribution in [2.45, 2.75) is 45.5 Å². The average Bonchev–Trinajstić information content (AvgIpc) is 2.27. The molecule has 0 spiro atoms. The van der Waals surface area contributed by atoms with Crippen molar-refractivity contribution < 1.29 is 13.2 Å². The molecule has 1 aromatic carbocycles. The lowest BCUT2D eigenvalue weighted by Crippen LogP contribution is -2.42. The Morgan fingerprint density at radius 2 is 1.53 bits per heavy atom. The molecule has 0 unspecified atom stereocenters. The molecule has 0 aliphatic rings. The van der Waals surface area contributed by atoms with E-state index in [0.717, 1.165) is 11.3 Å². The molecule has 0 saturated heterocycles. The summed E-state index contributed by atoms with van der Waals surface area (Å²) in [6.07, 6.45) is 0. The summed E-state index contributed by atoms with van der Waals surface area (Å²) in [5, 5.41) is 0. The van der Waals surface area contributed by atoms with Crippen LogP contribution in [0.4, 0.5) is 0 Å². The van der Waals surface area contributed by atoms with Gasteiger partial charge in [0, 0.05) is 12.1 Å². The number of ether oxygens (including phenoxy) is 1. The van der Waals surface area contributed by atoms with Crippen LogP contribution in [0.25, 0.3) is 0 Å². The smallest absolute Gasteiger partial charge is 0.218 e. The molecular formula is C14H23NO3S. The van der Waals surface area contributed by atoms with Crippen LogP contribution in [0.5, 0.6) is 5.75 Å². The second-order valence-corrected chi connectivity index (χ2v) is 7.00. The quantitative estimate of drug-likeness (QED) is 0.807. The number of hydrogen-bond donors (Lipinski definition) is 0. The maximum atomic E-state index is 12.4. The van der Waals surface area contributed by atoms with Gasteiger partial charge in [-0.05, 0) is 45.4 Å². The lowest BCUT2D eigenvalue weighted by Gasteiger charge is -2.29. The van der Waals surface area contributed by atoms with E-state index in [0.29, 0.717) is 0 Å². The number of hydrogen-bond acceptors (Lipinski definition) is 3. The van der Waals surface area contributed by atoms with E-state index in [4.69, 9.17) is 4.74 Å². The van der Waals surface area contributed by atoms with Gasteiger partial charge in [-0.3, -0.25) is 0 Å². The Kier molecular flexibility index (Phi) is 5.38. The lowest BCUT2D eigenvalue weighted by molar-refractivity contribution is 0.302. The highest BCUT2D eigenvalue weighted by atomic mass is 32.2. The fourth-order valence-corrected chi connectivity index (χ4v) is 4.29. The fourth-order valence-electron chi connectivity index (χ4n) is 2.25. The van der Waals surface area contributed by atoms with E-state index in [1.54, 1.807) is 35.7 Å². The number of benzene rings is 1. The minimum absolute atomic E-state index is 0.0212. The molecule has 0 N–H and O–H groups in total. The molecule has 0 aliphatic heterocycles. The van der Waals surface area contributed by atoms with Gasteiger partial charge in [0.15, 0.2) is 0 Å². The average molecular weight is 285 g/mol. The zero-order valence-corrected chi connectivity index (χ0v) is 13.1. The number of nitrogens with zero attached hydrogens (tertiary/aromatic N) is 1. The van der Waals surface area contributed by atoms with Crippen LogP contribution < -0.4 is 4.74 Å². The van der Waals surface area contributed by atoms with Crippen molar-refractivity contribution in [3.63, 3.8) is 0 Å². The van der Waals surface area contributed by atoms with Crippen LogP contribution in [0.1, 0.15) is 33.3 Å². The van der Waals surface area contributed by atoms with Gasteiger partial charge in [0.1, 0.15) is 5.75 Å². The monoisotopic (exact) mass is 285 g/mol. The van der Waals surface area contributed by atoms with Gasteiger partial charge in [-0.1, -0.05) is 12.1 Å². The topological polar surface area (TPSA) is 46.6 Å². The molecule has 0 aliphatic carbocycles. The van der Waals surface area contributed by atoms with Crippen LogP contribution in [0.3, 0.4) is 0 Å². The van der Waals surface area contributed by atoms with Gasteiger partial charge in [-0.2, -0.15) is 4.31 Å². The van der Waals surface area contributed by atoms with Crippen molar-refractivity contribution in [3.8, 4) is 5.75 Å². The SMILES string of the molecule is COc1ccc(CS(=O)(=O)N(C(C)C)C(C)C)cc1. The molecule has 0 bridgehead atoms. The third-order valence-corrected chi connectivity index (χ3v) is 5.03. The molecule has 0 aromatic heterocycles. The maximum Gasteiger partial charge on any atom is 0.218 e. The van der Waals surface area contributed by atoms with E-state index >= 15 is 0 Å². The van der Waals surface area contributed by atoms with Crippen molar-refractivity contribution >= 4 is 10.0 Å². The summed E-state index contributed by atoms with van der Waals surface area (Å²) in [6.45, 7) is 7.58. The Hall–Kier alpha value is -1.07. The highest BCUT2D eigenvalue weighted by Gasteiger charge is 2.27. The van der Waals surface area contributed by atoms with E-state index in [1.807, 2.05) is 27.7 Å². The maximum absolute atomic E-state index is 12.4. The summed E-state index contributed by atoms with van der Waals surface area (Å²) in [5.41, 5.74) is 0.770. The molecular weight excluding hydrogens is 262 g/mol. The predicted octanol–water partition coefficient (Wildman–Crippen LogP) is 2.64. The fraction of sp³-hybridized carbons (Fsp3) is 0.571. The Morgan fingerprint density at radius 1 is 1.05 bits per heavy atom. The molecule has 19 heavy (non-hydrogen) atoms. The zero-order chi connectivity index (χ0) is 14.6. The van der Waals surface area contributed by atoms with Gasteiger partial charge in [-0.25, -0.2) is 8.42 Å². The van der Waals surface area contributed by atoms with Crippen LogP contribution in [-0.4, -0.2) is 31.9 Å². The zero-order valence-electron chi connectivity index (χ0n) is 12.3. The molecule has 0 amide bonds. The molecule has 0 atom stereocenters. The molecule has 0 radical (unpaired) electrons. The number of rotatable bonds is 6. The summed E-state index contributed by atoms with van der Waals surface area (Å²) < 4.78 is 31.5. The lowest BCUT2D eigenvalue weighted by atomic mass is 10.2. The van der Waals surface area contributed by atoms with Gasteiger partial charge < -0.3 is 4.74 Å². The molecule has 0 fully saturated rings. The van der Waals surface area contributed by atoms with Crippen molar-refractivity contribution in [2.75, 3.05) is 7.11 Å².